The fraction of sp³-hybridized carbons (Fsp3) is 0.667. The summed E-state index contributed by atoms with van der Waals surface area (Å²) in [7, 11) is 0. The van der Waals surface area contributed by atoms with Crippen LogP contribution in [-0.4, -0.2) is 50.2 Å². The van der Waals surface area contributed by atoms with Gasteiger partial charge in [0, 0.05) is 45.3 Å². The third-order valence-electron chi connectivity index (χ3n) is 5.11. The maximum atomic E-state index is 6.34. The van der Waals surface area contributed by atoms with Gasteiger partial charge in [0.15, 0.2) is 0 Å². The lowest BCUT2D eigenvalue weighted by Crippen LogP contribution is -2.49. The van der Waals surface area contributed by atoms with Crippen LogP contribution < -0.4 is 10.2 Å². The molecule has 0 bridgehead atoms. The van der Waals surface area contributed by atoms with Crippen LogP contribution in [0.1, 0.15) is 32.1 Å². The summed E-state index contributed by atoms with van der Waals surface area (Å²) in [5.41, 5.74) is 1.07. The summed E-state index contributed by atoms with van der Waals surface area (Å²) in [5.74, 6) is 0. The van der Waals surface area contributed by atoms with Crippen molar-refractivity contribution < 1.29 is 0 Å². The van der Waals surface area contributed by atoms with Crippen molar-refractivity contribution in [2.24, 2.45) is 0 Å². The van der Waals surface area contributed by atoms with Crippen molar-refractivity contribution in [3.05, 3.63) is 28.2 Å². The van der Waals surface area contributed by atoms with Crippen LogP contribution in [0.3, 0.4) is 0 Å². The molecule has 2 aliphatic rings. The summed E-state index contributed by atoms with van der Waals surface area (Å²) in [4.78, 5) is 4.89. The molecule has 1 aliphatic carbocycles. The van der Waals surface area contributed by atoms with E-state index >= 15 is 0 Å². The first-order valence-corrected chi connectivity index (χ1v) is 9.64. The molecule has 1 aromatic rings. The molecule has 1 saturated carbocycles. The Labute approximate surface area is 162 Å². The summed E-state index contributed by atoms with van der Waals surface area (Å²) in [6.07, 6.45) is 6.95. The van der Waals surface area contributed by atoms with Gasteiger partial charge in [-0.2, -0.15) is 0 Å². The molecule has 1 N–H and O–H groups in total. The van der Waals surface area contributed by atoms with Crippen LogP contribution in [0.2, 0.25) is 10.0 Å². The largest absolute Gasteiger partial charge is 0.368 e. The van der Waals surface area contributed by atoms with Gasteiger partial charge in [-0.1, -0.05) is 48.5 Å². The van der Waals surface area contributed by atoms with Crippen LogP contribution in [0, 0.1) is 0 Å². The number of nitrogens with one attached hydrogen (secondary N) is 1. The number of rotatable bonds is 5. The van der Waals surface area contributed by atoms with E-state index in [-0.39, 0.29) is 12.4 Å². The minimum Gasteiger partial charge on any atom is -0.368 e. The van der Waals surface area contributed by atoms with Gasteiger partial charge in [0.25, 0.3) is 0 Å². The van der Waals surface area contributed by atoms with Gasteiger partial charge < -0.3 is 10.2 Å². The Balaban J connectivity index is 0.00000208. The monoisotopic (exact) mass is 391 g/mol. The van der Waals surface area contributed by atoms with Gasteiger partial charge in [0.2, 0.25) is 0 Å². The molecular formula is C18H28Cl3N3. The zero-order valence-corrected chi connectivity index (χ0v) is 16.5. The Hall–Kier alpha value is -0.190. The number of benzene rings is 1. The highest BCUT2D eigenvalue weighted by Gasteiger charge is 2.20. The predicted octanol–water partition coefficient (Wildman–Crippen LogP) is 4.46. The Morgan fingerprint density at radius 1 is 1.00 bits per heavy atom. The van der Waals surface area contributed by atoms with Gasteiger partial charge in [-0.25, -0.2) is 0 Å². The van der Waals surface area contributed by atoms with Crippen molar-refractivity contribution in [2.75, 3.05) is 44.2 Å². The van der Waals surface area contributed by atoms with Crippen LogP contribution in [0.25, 0.3) is 0 Å². The Bertz CT molecular complexity index is 498. The zero-order valence-electron chi connectivity index (χ0n) is 14.1. The molecule has 0 aromatic heterocycles. The lowest BCUT2D eigenvalue weighted by Gasteiger charge is -2.37. The summed E-state index contributed by atoms with van der Waals surface area (Å²) in [6, 6.07) is 6.65. The van der Waals surface area contributed by atoms with E-state index < -0.39 is 0 Å². The van der Waals surface area contributed by atoms with E-state index in [2.05, 4.69) is 21.2 Å². The summed E-state index contributed by atoms with van der Waals surface area (Å²) < 4.78 is 0. The number of anilines is 1. The van der Waals surface area contributed by atoms with Crippen molar-refractivity contribution in [3.63, 3.8) is 0 Å². The molecule has 0 amide bonds. The second-order valence-corrected chi connectivity index (χ2v) is 7.48. The molecule has 1 heterocycles. The lowest BCUT2D eigenvalue weighted by atomic mass is 9.95. The molecule has 0 spiro atoms. The highest BCUT2D eigenvalue weighted by molar-refractivity contribution is 6.43. The summed E-state index contributed by atoms with van der Waals surface area (Å²) in [6.45, 7) is 6.48. The molecule has 1 aliphatic heterocycles. The topological polar surface area (TPSA) is 18.5 Å². The van der Waals surface area contributed by atoms with Gasteiger partial charge in [-0.3, -0.25) is 4.90 Å². The van der Waals surface area contributed by atoms with Crippen LogP contribution in [0.15, 0.2) is 18.2 Å². The maximum Gasteiger partial charge on any atom is 0.0825 e. The zero-order chi connectivity index (χ0) is 16.1. The Morgan fingerprint density at radius 3 is 2.42 bits per heavy atom. The van der Waals surface area contributed by atoms with Crippen molar-refractivity contribution in [2.45, 2.75) is 38.1 Å². The number of nitrogens with zero attached hydrogens (tertiary/aromatic N) is 2. The highest BCUT2D eigenvalue weighted by Crippen LogP contribution is 2.32. The SMILES string of the molecule is Cl.Clc1cccc(N2CCN(CCNC3CCCCC3)CC2)c1Cl. The number of piperazine rings is 1. The quantitative estimate of drug-likeness (QED) is 0.798. The number of halogens is 3. The minimum atomic E-state index is 0. The van der Waals surface area contributed by atoms with Crippen LogP contribution in [-0.2, 0) is 0 Å². The third kappa shape index (κ3) is 5.40. The van der Waals surface area contributed by atoms with E-state index in [0.29, 0.717) is 10.0 Å². The summed E-state index contributed by atoms with van der Waals surface area (Å²) in [5, 5.41) is 5.06. The highest BCUT2D eigenvalue weighted by atomic mass is 35.5. The average molecular weight is 393 g/mol. The van der Waals surface area contributed by atoms with E-state index in [1.165, 1.54) is 32.1 Å². The van der Waals surface area contributed by atoms with E-state index in [1.807, 2.05) is 12.1 Å². The molecule has 3 rings (SSSR count). The predicted molar refractivity (Wildman–Crippen MR) is 107 cm³/mol. The first-order chi connectivity index (χ1) is 11.2. The second-order valence-electron chi connectivity index (χ2n) is 6.69. The maximum absolute atomic E-state index is 6.34. The molecule has 1 aromatic carbocycles. The van der Waals surface area contributed by atoms with Crippen molar-refractivity contribution in [1.82, 2.24) is 10.2 Å². The molecule has 3 nitrogen and oxygen atoms in total. The minimum absolute atomic E-state index is 0. The number of hydrogen-bond acceptors (Lipinski definition) is 3. The van der Waals surface area contributed by atoms with E-state index in [1.54, 1.807) is 0 Å². The van der Waals surface area contributed by atoms with Crippen molar-refractivity contribution >= 4 is 41.3 Å². The number of hydrogen-bond donors (Lipinski definition) is 1. The first-order valence-electron chi connectivity index (χ1n) is 8.89. The summed E-state index contributed by atoms with van der Waals surface area (Å²) >= 11 is 12.5. The van der Waals surface area contributed by atoms with E-state index in [4.69, 9.17) is 23.2 Å². The van der Waals surface area contributed by atoms with Crippen molar-refractivity contribution in [3.8, 4) is 0 Å². The normalized spacial score (nSPS) is 20.0. The molecule has 1 saturated heterocycles. The standard InChI is InChI=1S/C18H27Cl2N3.ClH/c19-16-7-4-8-17(18(16)20)23-13-11-22(12-14-23)10-9-21-15-5-2-1-3-6-15;/h4,7-8,15,21H,1-3,5-6,9-14H2;1H. The second kappa shape index (κ2) is 10.1. The Morgan fingerprint density at radius 2 is 1.71 bits per heavy atom. The fourth-order valence-electron chi connectivity index (χ4n) is 3.68. The lowest BCUT2D eigenvalue weighted by molar-refractivity contribution is 0.248. The molecule has 0 atom stereocenters. The van der Waals surface area contributed by atoms with Gasteiger partial charge in [-0.05, 0) is 25.0 Å². The Kier molecular flexibility index (Phi) is 8.45. The average Bonchev–Trinajstić information content (AvgIpc) is 2.59. The van der Waals surface area contributed by atoms with E-state index in [0.717, 1.165) is 51.0 Å². The van der Waals surface area contributed by atoms with Crippen LogP contribution in [0.4, 0.5) is 5.69 Å². The van der Waals surface area contributed by atoms with Gasteiger partial charge >= 0.3 is 0 Å². The molecule has 6 heteroatoms. The van der Waals surface area contributed by atoms with Crippen LogP contribution in [0.5, 0.6) is 0 Å². The molecule has 0 unspecified atom stereocenters. The van der Waals surface area contributed by atoms with Gasteiger partial charge in [0.1, 0.15) is 0 Å². The van der Waals surface area contributed by atoms with Gasteiger partial charge in [-0.15, -0.1) is 12.4 Å². The van der Waals surface area contributed by atoms with E-state index in [9.17, 15) is 0 Å². The van der Waals surface area contributed by atoms with Crippen LogP contribution >= 0.6 is 35.6 Å². The molecule has 24 heavy (non-hydrogen) atoms. The third-order valence-corrected chi connectivity index (χ3v) is 5.92. The molecule has 2 fully saturated rings. The van der Waals surface area contributed by atoms with Crippen molar-refractivity contribution in [1.29, 1.82) is 0 Å². The van der Waals surface area contributed by atoms with Gasteiger partial charge in [0.05, 0.1) is 15.7 Å². The molecular weight excluding hydrogens is 365 g/mol. The smallest absolute Gasteiger partial charge is 0.0825 e. The first kappa shape index (κ1) is 20.1. The molecule has 136 valence electrons. The molecule has 0 radical (unpaired) electrons. The fourth-order valence-corrected chi connectivity index (χ4v) is 4.10.